The van der Waals surface area contributed by atoms with E-state index in [1.165, 1.54) is 5.56 Å². The fourth-order valence-corrected chi connectivity index (χ4v) is 3.27. The number of rotatable bonds is 8. The minimum absolute atomic E-state index is 0.0960. The van der Waals surface area contributed by atoms with Crippen LogP contribution in [0.2, 0.25) is 0 Å². The molecule has 1 heterocycles. The molecule has 0 bridgehead atoms. The van der Waals surface area contributed by atoms with Gasteiger partial charge in [-0.05, 0) is 29.7 Å². The summed E-state index contributed by atoms with van der Waals surface area (Å²) in [5, 5.41) is 3.03. The molecule has 5 heteroatoms. The predicted octanol–water partition coefficient (Wildman–Crippen LogP) is 2.82. The largest absolute Gasteiger partial charge is 0.497 e. The van der Waals surface area contributed by atoms with Gasteiger partial charge < -0.3 is 14.8 Å². The molecule has 0 radical (unpaired) electrons. The van der Waals surface area contributed by atoms with Gasteiger partial charge in [-0.25, -0.2) is 0 Å². The Balaban J connectivity index is 1.35. The molecule has 1 N–H and O–H groups in total. The zero-order valence-electron chi connectivity index (χ0n) is 15.9. The Morgan fingerprint density at radius 3 is 2.70 bits per heavy atom. The lowest BCUT2D eigenvalue weighted by atomic mass is 10.1. The first-order valence-electron chi connectivity index (χ1n) is 9.53. The average Bonchev–Trinajstić information content (AvgIpc) is 2.73. The van der Waals surface area contributed by atoms with Crippen molar-refractivity contribution in [1.82, 2.24) is 10.2 Å². The molecule has 3 rings (SSSR count). The molecule has 2 aromatic rings. The third-order valence-electron chi connectivity index (χ3n) is 4.87. The van der Waals surface area contributed by atoms with Gasteiger partial charge in [-0.1, -0.05) is 42.5 Å². The number of morpholine rings is 1. The summed E-state index contributed by atoms with van der Waals surface area (Å²) in [6.45, 7) is 4.02. The maximum atomic E-state index is 12.1. The number of amides is 1. The average molecular weight is 368 g/mol. The summed E-state index contributed by atoms with van der Waals surface area (Å²) in [6.07, 6.45) is 1.36. The fourth-order valence-electron chi connectivity index (χ4n) is 3.27. The minimum Gasteiger partial charge on any atom is -0.497 e. The van der Waals surface area contributed by atoms with Crippen LogP contribution in [0.4, 0.5) is 0 Å². The van der Waals surface area contributed by atoms with Gasteiger partial charge in [0.2, 0.25) is 5.91 Å². The van der Waals surface area contributed by atoms with E-state index >= 15 is 0 Å². The van der Waals surface area contributed by atoms with Crippen LogP contribution in [0.3, 0.4) is 0 Å². The molecule has 5 nitrogen and oxygen atoms in total. The van der Waals surface area contributed by atoms with Gasteiger partial charge in [-0.15, -0.1) is 0 Å². The van der Waals surface area contributed by atoms with Gasteiger partial charge in [0.15, 0.2) is 0 Å². The Morgan fingerprint density at radius 1 is 1.19 bits per heavy atom. The van der Waals surface area contributed by atoms with Gasteiger partial charge in [0.05, 0.1) is 19.8 Å². The molecule has 2 aromatic carbocycles. The molecule has 144 valence electrons. The van der Waals surface area contributed by atoms with Crippen molar-refractivity contribution in [2.24, 2.45) is 0 Å². The number of hydrogen-bond acceptors (Lipinski definition) is 4. The maximum absolute atomic E-state index is 12.1. The lowest BCUT2D eigenvalue weighted by Crippen LogP contribution is -2.42. The number of methoxy groups -OCH3 is 1. The van der Waals surface area contributed by atoms with Crippen LogP contribution in [-0.4, -0.2) is 50.7 Å². The molecule has 0 saturated carbocycles. The highest BCUT2D eigenvalue weighted by Crippen LogP contribution is 2.21. The van der Waals surface area contributed by atoms with Crippen molar-refractivity contribution in [3.63, 3.8) is 0 Å². The van der Waals surface area contributed by atoms with E-state index in [9.17, 15) is 4.79 Å². The highest BCUT2D eigenvalue weighted by Gasteiger charge is 2.21. The quantitative estimate of drug-likeness (QED) is 0.778. The summed E-state index contributed by atoms with van der Waals surface area (Å²) < 4.78 is 11.0. The monoisotopic (exact) mass is 368 g/mol. The van der Waals surface area contributed by atoms with Crippen LogP contribution in [0.15, 0.2) is 54.6 Å². The van der Waals surface area contributed by atoms with Crippen LogP contribution in [-0.2, 0) is 16.0 Å². The van der Waals surface area contributed by atoms with E-state index in [0.29, 0.717) is 13.0 Å². The second-order valence-electron chi connectivity index (χ2n) is 6.77. The summed E-state index contributed by atoms with van der Waals surface area (Å²) in [6, 6.07) is 18.2. The van der Waals surface area contributed by atoms with Gasteiger partial charge in [-0.3, -0.25) is 9.69 Å². The molecule has 0 aromatic heterocycles. The van der Waals surface area contributed by atoms with Gasteiger partial charge in [0.25, 0.3) is 0 Å². The predicted molar refractivity (Wildman–Crippen MR) is 106 cm³/mol. The highest BCUT2D eigenvalue weighted by atomic mass is 16.5. The van der Waals surface area contributed by atoms with E-state index in [0.717, 1.165) is 44.0 Å². The smallest absolute Gasteiger partial charge is 0.220 e. The Morgan fingerprint density at radius 2 is 1.96 bits per heavy atom. The lowest BCUT2D eigenvalue weighted by Gasteiger charge is -2.33. The Labute approximate surface area is 161 Å². The molecule has 1 fully saturated rings. The number of carbonyl (C=O) groups excluding carboxylic acids is 1. The first-order chi connectivity index (χ1) is 13.2. The molecule has 1 unspecified atom stereocenters. The maximum Gasteiger partial charge on any atom is 0.220 e. The van der Waals surface area contributed by atoms with E-state index < -0.39 is 0 Å². The zero-order valence-corrected chi connectivity index (χ0v) is 15.9. The van der Waals surface area contributed by atoms with E-state index in [-0.39, 0.29) is 12.0 Å². The molecule has 0 aliphatic carbocycles. The van der Waals surface area contributed by atoms with Gasteiger partial charge >= 0.3 is 0 Å². The number of aryl methyl sites for hydroxylation is 1. The van der Waals surface area contributed by atoms with E-state index in [2.05, 4.69) is 22.3 Å². The molecule has 1 amide bonds. The number of benzene rings is 2. The third-order valence-corrected chi connectivity index (χ3v) is 4.87. The molecule has 1 atom stereocenters. The van der Waals surface area contributed by atoms with Crippen molar-refractivity contribution in [2.45, 2.75) is 18.9 Å². The van der Waals surface area contributed by atoms with Crippen LogP contribution in [0.1, 0.15) is 23.7 Å². The van der Waals surface area contributed by atoms with Crippen molar-refractivity contribution in [2.75, 3.05) is 39.9 Å². The van der Waals surface area contributed by atoms with Crippen LogP contribution >= 0.6 is 0 Å². The van der Waals surface area contributed by atoms with E-state index in [4.69, 9.17) is 9.47 Å². The molecule has 1 aliphatic rings. The summed E-state index contributed by atoms with van der Waals surface area (Å²) in [5.41, 5.74) is 2.36. The molecule has 0 spiro atoms. The highest BCUT2D eigenvalue weighted by molar-refractivity contribution is 5.76. The van der Waals surface area contributed by atoms with E-state index in [1.807, 2.05) is 42.5 Å². The Kier molecular flexibility index (Phi) is 7.25. The summed E-state index contributed by atoms with van der Waals surface area (Å²) in [4.78, 5) is 14.4. The Hall–Kier alpha value is -2.37. The number of nitrogens with one attached hydrogen (secondary N) is 1. The van der Waals surface area contributed by atoms with Crippen LogP contribution < -0.4 is 10.1 Å². The summed E-state index contributed by atoms with van der Waals surface area (Å²) >= 11 is 0. The van der Waals surface area contributed by atoms with Gasteiger partial charge in [0, 0.05) is 32.6 Å². The molecular weight excluding hydrogens is 340 g/mol. The van der Waals surface area contributed by atoms with Crippen LogP contribution in [0.25, 0.3) is 0 Å². The second-order valence-corrected chi connectivity index (χ2v) is 6.77. The Bertz CT molecular complexity index is 703. The van der Waals surface area contributed by atoms with Crippen molar-refractivity contribution in [3.8, 4) is 5.75 Å². The van der Waals surface area contributed by atoms with Crippen molar-refractivity contribution in [1.29, 1.82) is 0 Å². The topological polar surface area (TPSA) is 50.8 Å². The molecule has 1 saturated heterocycles. The summed E-state index contributed by atoms with van der Waals surface area (Å²) in [7, 11) is 1.65. The van der Waals surface area contributed by atoms with Crippen LogP contribution in [0.5, 0.6) is 5.75 Å². The zero-order chi connectivity index (χ0) is 18.9. The molecular formula is C22H28N2O3. The van der Waals surface area contributed by atoms with Crippen LogP contribution in [0, 0.1) is 0 Å². The van der Waals surface area contributed by atoms with E-state index in [1.54, 1.807) is 7.11 Å². The first-order valence-corrected chi connectivity index (χ1v) is 9.53. The van der Waals surface area contributed by atoms with Crippen molar-refractivity contribution < 1.29 is 14.3 Å². The first kappa shape index (κ1) is 19.4. The fraction of sp³-hybridized carbons (Fsp3) is 0.409. The van der Waals surface area contributed by atoms with Crippen molar-refractivity contribution in [3.05, 3.63) is 65.7 Å². The number of ether oxygens (including phenoxy) is 2. The van der Waals surface area contributed by atoms with Gasteiger partial charge in [0.1, 0.15) is 5.75 Å². The number of carbonyl (C=O) groups is 1. The van der Waals surface area contributed by atoms with Crippen molar-refractivity contribution >= 4 is 5.91 Å². The second kappa shape index (κ2) is 10.1. The minimum atomic E-state index is 0.0960. The third kappa shape index (κ3) is 6.08. The molecule has 27 heavy (non-hydrogen) atoms. The number of nitrogens with zero attached hydrogens (tertiary/aromatic N) is 1. The standard InChI is InChI=1S/C22H28N2O3/c1-26-20-10-7-18(8-11-20)9-12-22(25)23-13-14-24-15-16-27-21(17-24)19-5-3-2-4-6-19/h2-8,10-11,21H,9,12-17H2,1H3,(H,23,25). The van der Waals surface area contributed by atoms with Gasteiger partial charge in [-0.2, -0.15) is 0 Å². The lowest BCUT2D eigenvalue weighted by molar-refractivity contribution is -0.121. The normalized spacial score (nSPS) is 17.4. The summed E-state index contributed by atoms with van der Waals surface area (Å²) in [5.74, 6) is 0.932. The molecule has 1 aliphatic heterocycles. The SMILES string of the molecule is COc1ccc(CCC(=O)NCCN2CCOC(c3ccccc3)C2)cc1. The number of hydrogen-bond donors (Lipinski definition) is 1.